The Labute approximate surface area is 233 Å². The maximum atomic E-state index is 13.5. The minimum absolute atomic E-state index is 0.160. The van der Waals surface area contributed by atoms with Gasteiger partial charge in [0.15, 0.2) is 10.8 Å². The highest BCUT2D eigenvalue weighted by Gasteiger charge is 2.17. The van der Waals surface area contributed by atoms with E-state index >= 15 is 0 Å². The summed E-state index contributed by atoms with van der Waals surface area (Å²) in [6.07, 6.45) is 0. The average molecular weight is 539 g/mol. The van der Waals surface area contributed by atoms with Crippen LogP contribution in [0.3, 0.4) is 0 Å². The molecule has 0 N–H and O–H groups in total. The Kier molecular flexibility index (Phi) is 5.91. The van der Waals surface area contributed by atoms with Crippen molar-refractivity contribution >= 4 is 55.3 Å². The van der Waals surface area contributed by atoms with Crippen LogP contribution >= 0.6 is 11.3 Å². The Morgan fingerprint density at radius 1 is 0.775 bits per heavy atom. The predicted octanol–water partition coefficient (Wildman–Crippen LogP) is 7.54. The molecule has 192 valence electrons. The van der Waals surface area contributed by atoms with Crippen LogP contribution in [0.2, 0.25) is 0 Å². The smallest absolute Gasteiger partial charge is 0.233 e. The number of rotatable bonds is 5. The third kappa shape index (κ3) is 4.32. The van der Waals surface area contributed by atoms with E-state index in [1.807, 2.05) is 104 Å². The number of carbonyl (C=O) groups excluding carboxylic acids is 1. The Morgan fingerprint density at radius 3 is 2.35 bits per heavy atom. The monoisotopic (exact) mass is 538 g/mol. The largest absolute Gasteiger partial charge is 0.455 e. The molecule has 0 fully saturated rings. The topological polar surface area (TPSA) is 72.8 Å². The lowest BCUT2D eigenvalue weighted by molar-refractivity contribution is 0.103. The number of para-hydroxylation sites is 1. The Bertz CT molecular complexity index is 2150. The molecule has 0 amide bonds. The molecule has 0 aliphatic carbocycles. The fraction of sp³-hybridized carbons (Fsp3) is 0.0303. The molecule has 0 saturated carbocycles. The van der Waals surface area contributed by atoms with Crippen molar-refractivity contribution in [2.75, 3.05) is 0 Å². The molecule has 5 aromatic carbocycles. The third-order valence-electron chi connectivity index (χ3n) is 6.83. The molecule has 2 aromatic heterocycles. The summed E-state index contributed by atoms with van der Waals surface area (Å²) in [5, 5.41) is 19.4. The Balaban J connectivity index is 1.30. The van der Waals surface area contributed by atoms with Crippen LogP contribution < -0.4 is 4.80 Å². The number of furan rings is 1. The van der Waals surface area contributed by atoms with Gasteiger partial charge in [-0.3, -0.25) is 4.79 Å². The van der Waals surface area contributed by atoms with Gasteiger partial charge >= 0.3 is 0 Å². The maximum absolute atomic E-state index is 13.5. The molecule has 7 aromatic rings. The highest BCUT2D eigenvalue weighted by molar-refractivity contribution is 7.11. The number of ketones is 1. The molecule has 7 heteroatoms. The summed E-state index contributed by atoms with van der Waals surface area (Å²) in [5.41, 5.74) is 2.78. The number of hydrogen-bond acceptors (Lipinski definition) is 6. The summed E-state index contributed by atoms with van der Waals surface area (Å²) in [4.78, 5) is 14.0. The van der Waals surface area contributed by atoms with Gasteiger partial charge in [-0.25, -0.2) is 4.68 Å². The second-order valence-corrected chi connectivity index (χ2v) is 10.4. The van der Waals surface area contributed by atoms with E-state index in [1.54, 1.807) is 4.68 Å². The van der Waals surface area contributed by atoms with Gasteiger partial charge in [0, 0.05) is 10.9 Å². The number of aromatic nitrogens is 2. The molecule has 0 atom stereocenters. The molecule has 2 heterocycles. The molecular formula is C33H22N4O2S. The molecular weight excluding hydrogens is 516 g/mol. The molecule has 0 aliphatic rings. The summed E-state index contributed by atoms with van der Waals surface area (Å²) in [7, 11) is 0. The first-order valence-corrected chi connectivity index (χ1v) is 13.6. The van der Waals surface area contributed by atoms with Crippen molar-refractivity contribution in [3.8, 4) is 5.69 Å². The van der Waals surface area contributed by atoms with Gasteiger partial charge in [-0.15, -0.1) is 10.2 Å². The average Bonchev–Trinajstić information content (AvgIpc) is 3.65. The van der Waals surface area contributed by atoms with Crippen LogP contribution in [0.4, 0.5) is 0 Å². The first-order chi connectivity index (χ1) is 19.6. The van der Waals surface area contributed by atoms with Crippen LogP contribution in [-0.4, -0.2) is 21.3 Å². The second kappa shape index (κ2) is 9.87. The molecule has 7 rings (SSSR count). The van der Waals surface area contributed by atoms with Crippen molar-refractivity contribution in [1.29, 1.82) is 0 Å². The zero-order chi connectivity index (χ0) is 27.1. The summed E-state index contributed by atoms with van der Waals surface area (Å²) in [5.74, 6) is 0.477. The molecule has 6 nitrogen and oxygen atoms in total. The van der Waals surface area contributed by atoms with E-state index < -0.39 is 0 Å². The van der Waals surface area contributed by atoms with Crippen molar-refractivity contribution in [2.24, 2.45) is 10.2 Å². The van der Waals surface area contributed by atoms with Crippen molar-refractivity contribution in [3.63, 3.8) is 0 Å². The van der Waals surface area contributed by atoms with E-state index in [-0.39, 0.29) is 5.78 Å². The molecule has 40 heavy (non-hydrogen) atoms. The van der Waals surface area contributed by atoms with E-state index in [2.05, 4.69) is 33.5 Å². The normalized spacial score (nSPS) is 12.5. The first kappa shape index (κ1) is 23.9. The van der Waals surface area contributed by atoms with Crippen molar-refractivity contribution in [3.05, 3.63) is 136 Å². The van der Waals surface area contributed by atoms with Crippen LogP contribution in [0.15, 0.2) is 130 Å². The molecule has 0 bridgehead atoms. The number of nitrogens with zero attached hydrogens (tertiary/aromatic N) is 4. The molecule has 0 aliphatic heterocycles. The SMILES string of the molecule is C/C(=N/N=c1\sc(C(=O)c2ccc3ccccc3c2)nn1-c1ccccc1)c1cc2c(ccc3ccccc32)o1. The Morgan fingerprint density at radius 2 is 1.50 bits per heavy atom. The van der Waals surface area contributed by atoms with E-state index in [9.17, 15) is 4.79 Å². The molecule has 0 saturated heterocycles. The highest BCUT2D eigenvalue weighted by Crippen LogP contribution is 2.28. The van der Waals surface area contributed by atoms with Crippen molar-refractivity contribution < 1.29 is 9.21 Å². The van der Waals surface area contributed by atoms with Gasteiger partial charge < -0.3 is 4.42 Å². The number of carbonyl (C=O) groups is 1. The van der Waals surface area contributed by atoms with Crippen LogP contribution in [0.1, 0.15) is 28.0 Å². The van der Waals surface area contributed by atoms with Gasteiger partial charge in [-0.1, -0.05) is 96.3 Å². The lowest BCUT2D eigenvalue weighted by Gasteiger charge is -2.01. The number of fused-ring (bicyclic) bond motifs is 4. The summed E-state index contributed by atoms with van der Waals surface area (Å²) < 4.78 is 7.77. The highest BCUT2D eigenvalue weighted by atomic mass is 32.1. The summed E-state index contributed by atoms with van der Waals surface area (Å²) in [6.45, 7) is 1.86. The number of hydrogen-bond donors (Lipinski definition) is 0. The van der Waals surface area contributed by atoms with E-state index in [1.165, 1.54) is 11.3 Å². The summed E-state index contributed by atoms with van der Waals surface area (Å²) >= 11 is 1.20. The second-order valence-electron chi connectivity index (χ2n) is 9.42. The Hall–Kier alpha value is -5.14. The van der Waals surface area contributed by atoms with Gasteiger partial charge in [0.05, 0.1) is 5.69 Å². The third-order valence-corrected chi connectivity index (χ3v) is 7.73. The van der Waals surface area contributed by atoms with E-state index in [4.69, 9.17) is 4.42 Å². The van der Waals surface area contributed by atoms with Crippen LogP contribution in [0.5, 0.6) is 0 Å². The van der Waals surface area contributed by atoms with Gasteiger partial charge in [0.25, 0.3) is 0 Å². The predicted molar refractivity (Wildman–Crippen MR) is 160 cm³/mol. The van der Waals surface area contributed by atoms with Gasteiger partial charge in [-0.05, 0) is 58.8 Å². The van der Waals surface area contributed by atoms with E-state index in [0.29, 0.717) is 26.8 Å². The lowest BCUT2D eigenvalue weighted by Crippen LogP contribution is -2.14. The van der Waals surface area contributed by atoms with Crippen molar-refractivity contribution in [1.82, 2.24) is 9.78 Å². The molecule has 0 radical (unpaired) electrons. The maximum Gasteiger partial charge on any atom is 0.233 e. The lowest BCUT2D eigenvalue weighted by atomic mass is 10.0. The van der Waals surface area contributed by atoms with Crippen LogP contribution in [0.25, 0.3) is 38.2 Å². The standard InChI is InChI=1S/C33H22N4O2S/c1-21(30-20-28-27-14-8-7-10-23(27)17-18-29(28)39-30)34-35-33-37(26-12-3-2-4-13-26)36-32(40-33)31(38)25-16-15-22-9-5-6-11-24(22)19-25/h2-20H,1H3/b34-21-,35-33-. The van der Waals surface area contributed by atoms with Gasteiger partial charge in [-0.2, -0.15) is 5.10 Å². The van der Waals surface area contributed by atoms with Crippen LogP contribution in [0, 0.1) is 0 Å². The van der Waals surface area contributed by atoms with Crippen LogP contribution in [-0.2, 0) is 0 Å². The van der Waals surface area contributed by atoms with Gasteiger partial charge in [0.2, 0.25) is 10.6 Å². The fourth-order valence-corrected chi connectivity index (χ4v) is 5.59. The minimum atomic E-state index is -0.160. The molecule has 0 unspecified atom stereocenters. The first-order valence-electron chi connectivity index (χ1n) is 12.8. The number of benzene rings is 5. The zero-order valence-corrected chi connectivity index (χ0v) is 22.3. The quantitative estimate of drug-likeness (QED) is 0.129. The minimum Gasteiger partial charge on any atom is -0.455 e. The molecule has 0 spiro atoms. The van der Waals surface area contributed by atoms with E-state index in [0.717, 1.165) is 38.2 Å². The summed E-state index contributed by atoms with van der Waals surface area (Å²) in [6, 6.07) is 37.5. The zero-order valence-electron chi connectivity index (χ0n) is 21.5. The van der Waals surface area contributed by atoms with Crippen molar-refractivity contribution in [2.45, 2.75) is 6.92 Å². The van der Waals surface area contributed by atoms with Gasteiger partial charge in [0.1, 0.15) is 11.3 Å². The fourth-order valence-electron chi connectivity index (χ4n) is 4.77.